The van der Waals surface area contributed by atoms with Gasteiger partial charge >= 0.3 is 5.97 Å². The molecule has 0 aliphatic carbocycles. The van der Waals surface area contributed by atoms with Crippen molar-refractivity contribution in [3.63, 3.8) is 0 Å². The molecule has 0 saturated carbocycles. The van der Waals surface area contributed by atoms with Crippen LogP contribution in [0.3, 0.4) is 0 Å². The van der Waals surface area contributed by atoms with E-state index in [1.54, 1.807) is 12.1 Å². The Bertz CT molecular complexity index is 549. The van der Waals surface area contributed by atoms with Gasteiger partial charge in [-0.1, -0.05) is 17.7 Å². The molecule has 0 aromatic heterocycles. The molecule has 1 atom stereocenters. The standard InChI is InChI=1S/C14H20O6S/c1-11-6-8-13(9-7-11)21(17,18)20-10-12(15)4-3-5-14(16)19-2/h6-9,12,15H,3-5,10H2,1-2H3. The number of ether oxygens (including phenoxy) is 1. The van der Waals surface area contributed by atoms with Crippen LogP contribution >= 0.6 is 0 Å². The molecular formula is C14H20O6S. The normalized spacial score (nSPS) is 12.9. The Morgan fingerprint density at radius 3 is 2.48 bits per heavy atom. The van der Waals surface area contributed by atoms with E-state index < -0.39 is 16.2 Å². The number of hydrogen-bond acceptors (Lipinski definition) is 6. The average molecular weight is 316 g/mol. The van der Waals surface area contributed by atoms with Gasteiger partial charge in [0.25, 0.3) is 10.1 Å². The highest BCUT2D eigenvalue weighted by Crippen LogP contribution is 2.14. The maximum absolute atomic E-state index is 11.9. The molecule has 1 aromatic rings. The van der Waals surface area contributed by atoms with Crippen LogP contribution in [-0.4, -0.2) is 39.3 Å². The first kappa shape index (κ1) is 17.6. The first-order valence-electron chi connectivity index (χ1n) is 6.56. The van der Waals surface area contributed by atoms with Gasteiger partial charge in [-0.25, -0.2) is 0 Å². The number of aryl methyl sites for hydroxylation is 1. The summed E-state index contributed by atoms with van der Waals surface area (Å²) in [6.07, 6.45) is -0.103. The fourth-order valence-corrected chi connectivity index (χ4v) is 2.55. The Balaban J connectivity index is 2.42. The third kappa shape index (κ3) is 6.24. The molecule has 1 rings (SSSR count). The highest BCUT2D eigenvalue weighted by molar-refractivity contribution is 7.86. The Labute approximate surface area is 124 Å². The van der Waals surface area contributed by atoms with Crippen molar-refractivity contribution in [3.05, 3.63) is 29.8 Å². The highest BCUT2D eigenvalue weighted by Gasteiger charge is 2.17. The molecule has 118 valence electrons. The maximum atomic E-state index is 11.9. The van der Waals surface area contributed by atoms with E-state index in [-0.39, 0.29) is 30.3 Å². The molecule has 1 N–H and O–H groups in total. The first-order valence-corrected chi connectivity index (χ1v) is 7.97. The van der Waals surface area contributed by atoms with Crippen molar-refractivity contribution in [2.75, 3.05) is 13.7 Å². The number of carbonyl (C=O) groups is 1. The van der Waals surface area contributed by atoms with Crippen LogP contribution in [0, 0.1) is 6.92 Å². The average Bonchev–Trinajstić information content (AvgIpc) is 2.45. The van der Waals surface area contributed by atoms with E-state index in [0.29, 0.717) is 6.42 Å². The smallest absolute Gasteiger partial charge is 0.305 e. The van der Waals surface area contributed by atoms with Crippen LogP contribution in [0.2, 0.25) is 0 Å². The predicted molar refractivity (Wildman–Crippen MR) is 76.2 cm³/mol. The lowest BCUT2D eigenvalue weighted by Crippen LogP contribution is -2.19. The van der Waals surface area contributed by atoms with Crippen molar-refractivity contribution < 1.29 is 27.2 Å². The third-order valence-electron chi connectivity index (χ3n) is 2.87. The van der Waals surface area contributed by atoms with Crippen molar-refractivity contribution in [2.24, 2.45) is 0 Å². The summed E-state index contributed by atoms with van der Waals surface area (Å²) >= 11 is 0. The van der Waals surface area contributed by atoms with Crippen molar-refractivity contribution in [2.45, 2.75) is 37.2 Å². The highest BCUT2D eigenvalue weighted by atomic mass is 32.2. The molecule has 0 bridgehead atoms. The maximum Gasteiger partial charge on any atom is 0.305 e. The van der Waals surface area contributed by atoms with Crippen LogP contribution in [0.1, 0.15) is 24.8 Å². The van der Waals surface area contributed by atoms with E-state index >= 15 is 0 Å². The molecule has 0 heterocycles. The van der Waals surface area contributed by atoms with Gasteiger partial charge in [-0.2, -0.15) is 8.42 Å². The summed E-state index contributed by atoms with van der Waals surface area (Å²) in [6, 6.07) is 6.24. The summed E-state index contributed by atoms with van der Waals surface area (Å²) in [5, 5.41) is 9.65. The van der Waals surface area contributed by atoms with Crippen LogP contribution in [0.5, 0.6) is 0 Å². The zero-order chi connectivity index (χ0) is 15.9. The number of benzene rings is 1. The largest absolute Gasteiger partial charge is 0.469 e. The fraction of sp³-hybridized carbons (Fsp3) is 0.500. The Kier molecular flexibility index (Phi) is 6.80. The number of hydrogen-bond donors (Lipinski definition) is 1. The zero-order valence-electron chi connectivity index (χ0n) is 12.1. The molecule has 6 nitrogen and oxygen atoms in total. The number of methoxy groups -OCH3 is 1. The van der Waals surface area contributed by atoms with E-state index in [1.165, 1.54) is 19.2 Å². The van der Waals surface area contributed by atoms with Crippen LogP contribution < -0.4 is 0 Å². The van der Waals surface area contributed by atoms with E-state index in [0.717, 1.165) is 5.56 Å². The van der Waals surface area contributed by atoms with Crippen molar-refractivity contribution >= 4 is 16.1 Å². The van der Waals surface area contributed by atoms with E-state index in [1.807, 2.05) is 6.92 Å². The summed E-state index contributed by atoms with van der Waals surface area (Å²) < 4.78 is 33.0. The summed E-state index contributed by atoms with van der Waals surface area (Å²) in [4.78, 5) is 10.9. The van der Waals surface area contributed by atoms with Crippen LogP contribution in [0.15, 0.2) is 29.2 Å². The summed E-state index contributed by atoms with van der Waals surface area (Å²) in [7, 11) is -2.58. The number of carbonyl (C=O) groups excluding carboxylic acids is 1. The quantitative estimate of drug-likeness (QED) is 0.576. The van der Waals surface area contributed by atoms with Crippen LogP contribution in [-0.2, 0) is 23.8 Å². The first-order chi connectivity index (χ1) is 9.85. The molecular weight excluding hydrogens is 296 g/mol. The van der Waals surface area contributed by atoms with Gasteiger partial charge in [0.05, 0.1) is 24.7 Å². The number of rotatable bonds is 8. The van der Waals surface area contributed by atoms with Gasteiger partial charge in [-0.3, -0.25) is 8.98 Å². The van der Waals surface area contributed by atoms with Crippen molar-refractivity contribution in [3.8, 4) is 0 Å². The van der Waals surface area contributed by atoms with E-state index in [4.69, 9.17) is 4.18 Å². The molecule has 0 amide bonds. The molecule has 7 heteroatoms. The van der Waals surface area contributed by atoms with Gasteiger partial charge in [0.1, 0.15) is 0 Å². The number of aliphatic hydroxyl groups is 1. The molecule has 0 spiro atoms. The molecule has 0 aliphatic heterocycles. The van der Waals surface area contributed by atoms with E-state index in [9.17, 15) is 18.3 Å². The molecule has 0 saturated heterocycles. The predicted octanol–water partition coefficient (Wildman–Crippen LogP) is 1.40. The molecule has 0 fully saturated rings. The Morgan fingerprint density at radius 2 is 1.90 bits per heavy atom. The molecule has 21 heavy (non-hydrogen) atoms. The lowest BCUT2D eigenvalue weighted by atomic mass is 10.2. The van der Waals surface area contributed by atoms with Crippen molar-refractivity contribution in [1.29, 1.82) is 0 Å². The lowest BCUT2D eigenvalue weighted by Gasteiger charge is -2.11. The second-order valence-electron chi connectivity index (χ2n) is 4.67. The summed E-state index contributed by atoms with van der Waals surface area (Å²) in [5.74, 6) is -0.365. The summed E-state index contributed by atoms with van der Waals surface area (Å²) in [5.41, 5.74) is 0.941. The third-order valence-corrected chi connectivity index (χ3v) is 4.17. The molecule has 1 aromatic carbocycles. The number of aliphatic hydroxyl groups excluding tert-OH is 1. The molecule has 0 aliphatic rings. The minimum atomic E-state index is -3.87. The van der Waals surface area contributed by atoms with E-state index in [2.05, 4.69) is 4.74 Å². The zero-order valence-corrected chi connectivity index (χ0v) is 12.9. The molecule has 0 radical (unpaired) electrons. The fourth-order valence-electron chi connectivity index (χ4n) is 1.61. The minimum Gasteiger partial charge on any atom is -0.469 e. The Morgan fingerprint density at radius 1 is 1.29 bits per heavy atom. The van der Waals surface area contributed by atoms with Gasteiger partial charge in [0.2, 0.25) is 0 Å². The second-order valence-corrected chi connectivity index (χ2v) is 6.29. The van der Waals surface area contributed by atoms with Crippen molar-refractivity contribution in [1.82, 2.24) is 0 Å². The summed E-state index contributed by atoms with van der Waals surface area (Å²) in [6.45, 7) is 1.51. The molecule has 1 unspecified atom stereocenters. The second kappa shape index (κ2) is 8.11. The monoisotopic (exact) mass is 316 g/mol. The van der Waals surface area contributed by atoms with Gasteiger partial charge in [-0.15, -0.1) is 0 Å². The van der Waals surface area contributed by atoms with Gasteiger partial charge in [-0.05, 0) is 31.9 Å². The van der Waals surface area contributed by atoms with Crippen LogP contribution in [0.25, 0.3) is 0 Å². The minimum absolute atomic E-state index is 0.0508. The Hall–Kier alpha value is -1.44. The topological polar surface area (TPSA) is 89.9 Å². The van der Waals surface area contributed by atoms with Gasteiger partial charge < -0.3 is 9.84 Å². The lowest BCUT2D eigenvalue weighted by molar-refractivity contribution is -0.140. The van der Waals surface area contributed by atoms with Gasteiger partial charge in [0, 0.05) is 6.42 Å². The van der Waals surface area contributed by atoms with Crippen LogP contribution in [0.4, 0.5) is 0 Å². The van der Waals surface area contributed by atoms with Gasteiger partial charge in [0.15, 0.2) is 0 Å². The number of esters is 1. The SMILES string of the molecule is COC(=O)CCCC(O)COS(=O)(=O)c1ccc(C)cc1.